The highest BCUT2D eigenvalue weighted by atomic mass is 16.5. The summed E-state index contributed by atoms with van der Waals surface area (Å²) in [6.45, 7) is 1.96. The molecule has 2 fully saturated rings. The molecule has 6 nitrogen and oxygen atoms in total. The lowest BCUT2D eigenvalue weighted by Crippen LogP contribution is -2.43. The summed E-state index contributed by atoms with van der Waals surface area (Å²) in [5.74, 6) is -1.28. The van der Waals surface area contributed by atoms with E-state index in [4.69, 9.17) is 4.74 Å². The molecule has 1 saturated carbocycles. The van der Waals surface area contributed by atoms with Crippen LogP contribution >= 0.6 is 0 Å². The van der Waals surface area contributed by atoms with Gasteiger partial charge in [0.05, 0.1) is 11.8 Å². The molecule has 4 rings (SSSR count). The van der Waals surface area contributed by atoms with Crippen LogP contribution in [-0.4, -0.2) is 48.9 Å². The summed E-state index contributed by atoms with van der Waals surface area (Å²) in [4.78, 5) is 42.0. The maximum Gasteiger partial charge on any atom is 0.310 e. The number of amides is 2. The second-order valence-electron chi connectivity index (χ2n) is 8.42. The van der Waals surface area contributed by atoms with Gasteiger partial charge in [0.2, 0.25) is 5.91 Å². The fourth-order valence-corrected chi connectivity index (χ4v) is 4.95. The molecular weight excluding hydrogens is 368 g/mol. The number of anilines is 1. The monoisotopic (exact) mass is 398 g/mol. The SMILES string of the molecule is O=C(OCC(=O)N1CCCCC1)[C@H]1CCCC[C@H]1C(=O)N1CCc2ccccc21. The third kappa shape index (κ3) is 4.31. The number of ether oxygens (including phenoxy) is 1. The van der Waals surface area contributed by atoms with Crippen molar-refractivity contribution in [1.82, 2.24) is 4.90 Å². The number of nitrogens with zero attached hydrogens (tertiary/aromatic N) is 2. The molecule has 1 aromatic carbocycles. The van der Waals surface area contributed by atoms with Gasteiger partial charge in [-0.1, -0.05) is 31.0 Å². The molecule has 156 valence electrons. The van der Waals surface area contributed by atoms with E-state index in [-0.39, 0.29) is 30.3 Å². The van der Waals surface area contributed by atoms with Crippen LogP contribution in [0.1, 0.15) is 50.5 Å². The number of piperidine rings is 1. The van der Waals surface area contributed by atoms with Gasteiger partial charge in [-0.3, -0.25) is 14.4 Å². The highest BCUT2D eigenvalue weighted by molar-refractivity contribution is 5.99. The minimum atomic E-state index is -0.446. The molecule has 0 bridgehead atoms. The maximum atomic E-state index is 13.3. The van der Waals surface area contributed by atoms with E-state index in [0.717, 1.165) is 57.3 Å². The molecule has 0 N–H and O–H groups in total. The molecule has 0 spiro atoms. The Bertz CT molecular complexity index is 772. The Morgan fingerprint density at radius 3 is 2.41 bits per heavy atom. The van der Waals surface area contributed by atoms with Crippen molar-refractivity contribution in [2.45, 2.75) is 51.4 Å². The van der Waals surface area contributed by atoms with E-state index in [0.29, 0.717) is 19.4 Å². The van der Waals surface area contributed by atoms with Crippen molar-refractivity contribution in [3.05, 3.63) is 29.8 Å². The molecule has 0 radical (unpaired) electrons. The Hall–Kier alpha value is -2.37. The van der Waals surface area contributed by atoms with E-state index in [9.17, 15) is 14.4 Å². The molecule has 1 aliphatic carbocycles. The first-order chi connectivity index (χ1) is 14.1. The van der Waals surface area contributed by atoms with Gasteiger partial charge in [0.1, 0.15) is 0 Å². The molecule has 2 amide bonds. The van der Waals surface area contributed by atoms with E-state index in [1.807, 2.05) is 23.1 Å². The summed E-state index contributed by atoms with van der Waals surface area (Å²) in [6.07, 6.45) is 7.25. The third-order valence-corrected chi connectivity index (χ3v) is 6.59. The van der Waals surface area contributed by atoms with Crippen LogP contribution < -0.4 is 4.90 Å². The van der Waals surface area contributed by atoms with Crippen molar-refractivity contribution in [3.63, 3.8) is 0 Å². The van der Waals surface area contributed by atoms with Gasteiger partial charge in [-0.25, -0.2) is 0 Å². The van der Waals surface area contributed by atoms with Gasteiger partial charge in [0.15, 0.2) is 6.61 Å². The fourth-order valence-electron chi connectivity index (χ4n) is 4.95. The number of likely N-dealkylation sites (tertiary alicyclic amines) is 1. The number of hydrogen-bond donors (Lipinski definition) is 0. The summed E-state index contributed by atoms with van der Waals surface area (Å²) in [5.41, 5.74) is 2.15. The van der Waals surface area contributed by atoms with E-state index in [1.165, 1.54) is 5.56 Å². The maximum absolute atomic E-state index is 13.3. The molecule has 0 unspecified atom stereocenters. The summed E-state index contributed by atoms with van der Waals surface area (Å²) in [5, 5.41) is 0. The summed E-state index contributed by atoms with van der Waals surface area (Å²) in [6, 6.07) is 7.98. The molecule has 2 atom stereocenters. The van der Waals surface area contributed by atoms with Crippen LogP contribution in [0.4, 0.5) is 5.69 Å². The van der Waals surface area contributed by atoms with Gasteiger partial charge in [-0.2, -0.15) is 0 Å². The smallest absolute Gasteiger partial charge is 0.310 e. The lowest BCUT2D eigenvalue weighted by molar-refractivity contribution is -0.159. The van der Waals surface area contributed by atoms with E-state index in [1.54, 1.807) is 4.90 Å². The van der Waals surface area contributed by atoms with Crippen molar-refractivity contribution in [2.24, 2.45) is 11.8 Å². The van der Waals surface area contributed by atoms with Crippen LogP contribution in [0, 0.1) is 11.8 Å². The van der Waals surface area contributed by atoms with Crippen LogP contribution in [-0.2, 0) is 25.5 Å². The van der Waals surface area contributed by atoms with E-state index in [2.05, 4.69) is 6.07 Å². The Labute approximate surface area is 172 Å². The molecule has 0 aromatic heterocycles. The predicted octanol–water partition coefficient (Wildman–Crippen LogP) is 2.94. The molecule has 2 heterocycles. The van der Waals surface area contributed by atoms with E-state index < -0.39 is 5.92 Å². The topological polar surface area (TPSA) is 66.9 Å². The Balaban J connectivity index is 1.39. The summed E-state index contributed by atoms with van der Waals surface area (Å²) in [7, 11) is 0. The van der Waals surface area contributed by atoms with Crippen molar-refractivity contribution < 1.29 is 19.1 Å². The average molecular weight is 399 g/mol. The quantitative estimate of drug-likeness (QED) is 0.732. The van der Waals surface area contributed by atoms with Crippen LogP contribution in [0.2, 0.25) is 0 Å². The minimum Gasteiger partial charge on any atom is -0.455 e. The van der Waals surface area contributed by atoms with Crippen molar-refractivity contribution >= 4 is 23.5 Å². The Morgan fingerprint density at radius 1 is 0.897 bits per heavy atom. The average Bonchev–Trinajstić information content (AvgIpc) is 3.21. The molecule has 6 heteroatoms. The van der Waals surface area contributed by atoms with Crippen LogP contribution in [0.15, 0.2) is 24.3 Å². The van der Waals surface area contributed by atoms with Gasteiger partial charge in [0.25, 0.3) is 5.91 Å². The van der Waals surface area contributed by atoms with Crippen LogP contribution in [0.3, 0.4) is 0 Å². The number of esters is 1. The minimum absolute atomic E-state index is 0.0268. The lowest BCUT2D eigenvalue weighted by Gasteiger charge is -2.32. The first-order valence-electron chi connectivity index (χ1n) is 11.0. The molecule has 1 saturated heterocycles. The third-order valence-electron chi connectivity index (χ3n) is 6.59. The van der Waals surface area contributed by atoms with Gasteiger partial charge in [0, 0.05) is 25.3 Å². The normalized spacial score (nSPS) is 24.1. The first kappa shape index (κ1) is 19.9. The molecular formula is C23H30N2O4. The van der Waals surface area contributed by atoms with Gasteiger partial charge in [-0.05, 0) is 50.2 Å². The van der Waals surface area contributed by atoms with Gasteiger partial charge in [-0.15, -0.1) is 0 Å². The fraction of sp³-hybridized carbons (Fsp3) is 0.609. The van der Waals surface area contributed by atoms with E-state index >= 15 is 0 Å². The molecule has 29 heavy (non-hydrogen) atoms. The number of carbonyl (C=O) groups is 3. The Morgan fingerprint density at radius 2 is 1.62 bits per heavy atom. The summed E-state index contributed by atoms with van der Waals surface area (Å²) < 4.78 is 5.41. The number of carbonyl (C=O) groups excluding carboxylic acids is 3. The predicted molar refractivity (Wildman–Crippen MR) is 109 cm³/mol. The number of fused-ring (bicyclic) bond motifs is 1. The molecule has 1 aromatic rings. The highest BCUT2D eigenvalue weighted by Gasteiger charge is 2.40. The lowest BCUT2D eigenvalue weighted by atomic mass is 9.78. The second kappa shape index (κ2) is 8.97. The van der Waals surface area contributed by atoms with Crippen molar-refractivity contribution in [2.75, 3.05) is 31.1 Å². The largest absolute Gasteiger partial charge is 0.455 e. The molecule has 2 aliphatic heterocycles. The van der Waals surface area contributed by atoms with Gasteiger partial charge < -0.3 is 14.5 Å². The second-order valence-corrected chi connectivity index (χ2v) is 8.42. The van der Waals surface area contributed by atoms with Crippen molar-refractivity contribution in [3.8, 4) is 0 Å². The number of hydrogen-bond acceptors (Lipinski definition) is 4. The molecule has 3 aliphatic rings. The first-order valence-corrected chi connectivity index (χ1v) is 11.0. The van der Waals surface area contributed by atoms with Gasteiger partial charge >= 0.3 is 5.97 Å². The Kier molecular flexibility index (Phi) is 6.16. The number of rotatable bonds is 4. The van der Waals surface area contributed by atoms with Crippen LogP contribution in [0.5, 0.6) is 0 Å². The summed E-state index contributed by atoms with van der Waals surface area (Å²) >= 11 is 0. The zero-order valence-electron chi connectivity index (χ0n) is 17.0. The van der Waals surface area contributed by atoms with Crippen LogP contribution in [0.25, 0.3) is 0 Å². The number of benzene rings is 1. The zero-order chi connectivity index (χ0) is 20.2. The highest BCUT2D eigenvalue weighted by Crippen LogP contribution is 2.36. The standard InChI is InChI=1S/C23H30N2O4/c26-21(24-13-6-1-7-14-24)16-29-23(28)19-10-4-3-9-18(19)22(27)25-15-12-17-8-2-5-11-20(17)25/h2,5,8,11,18-19H,1,3-4,6-7,9-10,12-16H2/t18-,19+/m1/s1. The van der Waals surface area contributed by atoms with Crippen molar-refractivity contribution in [1.29, 1.82) is 0 Å². The zero-order valence-corrected chi connectivity index (χ0v) is 17.0. The number of para-hydroxylation sites is 1.